The van der Waals surface area contributed by atoms with Gasteiger partial charge in [0.25, 0.3) is 0 Å². The molecule has 2 aliphatic carbocycles. The molecule has 4 atom stereocenters. The molecule has 0 heterocycles. The molecule has 0 spiro atoms. The van der Waals surface area contributed by atoms with Crippen LogP contribution in [0.5, 0.6) is 0 Å². The smallest absolute Gasteiger partial charge is 0.131 e. The summed E-state index contributed by atoms with van der Waals surface area (Å²) in [6, 6.07) is 11.9. The molecule has 1 heteroatoms. The number of fused-ring (bicyclic) bond motifs is 2. The van der Waals surface area contributed by atoms with Crippen LogP contribution in [0.4, 0.5) is 4.39 Å². The third-order valence-corrected chi connectivity index (χ3v) is 7.01. The van der Waals surface area contributed by atoms with E-state index in [2.05, 4.69) is 19.1 Å². The maximum atomic E-state index is 13.9. The second-order valence-corrected chi connectivity index (χ2v) is 8.57. The van der Waals surface area contributed by atoms with Gasteiger partial charge >= 0.3 is 0 Å². The van der Waals surface area contributed by atoms with Crippen molar-refractivity contribution < 1.29 is 4.39 Å². The zero-order valence-corrected chi connectivity index (χ0v) is 15.5. The summed E-state index contributed by atoms with van der Waals surface area (Å²) < 4.78 is 13.9. The molecule has 25 heavy (non-hydrogen) atoms. The van der Waals surface area contributed by atoms with E-state index in [1.54, 1.807) is 6.07 Å². The van der Waals surface area contributed by atoms with Crippen LogP contribution >= 0.6 is 0 Å². The van der Waals surface area contributed by atoms with Gasteiger partial charge in [0, 0.05) is 5.39 Å². The van der Waals surface area contributed by atoms with Crippen molar-refractivity contribution in [2.45, 2.75) is 70.6 Å². The Morgan fingerprint density at radius 1 is 0.960 bits per heavy atom. The number of hydrogen-bond donors (Lipinski definition) is 0. The van der Waals surface area contributed by atoms with Gasteiger partial charge in [0.05, 0.1) is 0 Å². The number of hydrogen-bond acceptors (Lipinski definition) is 0. The molecule has 0 N–H and O–H groups in total. The molecule has 4 rings (SSSR count). The van der Waals surface area contributed by atoms with Crippen LogP contribution in [0.3, 0.4) is 0 Å². The van der Waals surface area contributed by atoms with E-state index in [-0.39, 0.29) is 5.82 Å². The lowest BCUT2D eigenvalue weighted by atomic mass is 9.63. The highest BCUT2D eigenvalue weighted by Gasteiger charge is 2.35. The van der Waals surface area contributed by atoms with Gasteiger partial charge in [0.15, 0.2) is 0 Å². The van der Waals surface area contributed by atoms with Crippen LogP contribution in [-0.4, -0.2) is 0 Å². The second-order valence-electron chi connectivity index (χ2n) is 8.57. The Morgan fingerprint density at radius 3 is 2.68 bits per heavy atom. The minimum absolute atomic E-state index is 0.0989. The van der Waals surface area contributed by atoms with Gasteiger partial charge in [0.2, 0.25) is 0 Å². The molecule has 4 unspecified atom stereocenters. The molecular formula is C24H31F. The van der Waals surface area contributed by atoms with E-state index < -0.39 is 0 Å². The van der Waals surface area contributed by atoms with Crippen LogP contribution in [0.15, 0.2) is 36.4 Å². The minimum Gasteiger partial charge on any atom is -0.206 e. The van der Waals surface area contributed by atoms with Crippen LogP contribution in [0.25, 0.3) is 10.8 Å². The fourth-order valence-corrected chi connectivity index (χ4v) is 5.56. The predicted molar refractivity (Wildman–Crippen MR) is 104 cm³/mol. The molecule has 2 aromatic carbocycles. The van der Waals surface area contributed by atoms with Crippen LogP contribution in [-0.2, 0) is 0 Å². The zero-order chi connectivity index (χ0) is 17.2. The first-order valence-corrected chi connectivity index (χ1v) is 10.4. The van der Waals surface area contributed by atoms with E-state index in [1.165, 1.54) is 63.4 Å². The van der Waals surface area contributed by atoms with Gasteiger partial charge in [-0.3, -0.25) is 0 Å². The van der Waals surface area contributed by atoms with E-state index >= 15 is 0 Å². The number of benzene rings is 2. The van der Waals surface area contributed by atoms with Gasteiger partial charge in [-0.05, 0) is 72.8 Å². The van der Waals surface area contributed by atoms with Crippen molar-refractivity contribution in [3.63, 3.8) is 0 Å². The summed E-state index contributed by atoms with van der Waals surface area (Å²) >= 11 is 0. The van der Waals surface area contributed by atoms with Crippen LogP contribution in [0, 0.1) is 23.6 Å². The third kappa shape index (κ3) is 3.61. The SMILES string of the molecule is CCCCC1CCC2CC(c3ccc4c(F)cccc4c3)CCC2C1. The van der Waals surface area contributed by atoms with Crippen molar-refractivity contribution in [1.29, 1.82) is 0 Å². The molecule has 134 valence electrons. The predicted octanol–water partition coefficient (Wildman–Crippen LogP) is 7.47. The molecule has 0 nitrogen and oxygen atoms in total. The summed E-state index contributed by atoms with van der Waals surface area (Å²) in [6.07, 6.45) is 12.7. The first kappa shape index (κ1) is 17.1. The van der Waals surface area contributed by atoms with Gasteiger partial charge in [-0.15, -0.1) is 0 Å². The van der Waals surface area contributed by atoms with Crippen molar-refractivity contribution in [1.82, 2.24) is 0 Å². The third-order valence-electron chi connectivity index (χ3n) is 7.01. The standard InChI is InChI=1S/C24H31F/c1-2-3-5-17-8-9-19-15-20(11-10-18(19)14-17)21-12-13-23-22(16-21)6-4-7-24(23)25/h4,6-7,12-13,16-20H,2-3,5,8-11,14-15H2,1H3. The molecule has 0 aliphatic heterocycles. The summed E-state index contributed by atoms with van der Waals surface area (Å²) in [5.41, 5.74) is 1.43. The van der Waals surface area contributed by atoms with E-state index in [0.29, 0.717) is 5.92 Å². The lowest BCUT2D eigenvalue weighted by molar-refractivity contribution is 0.113. The Bertz CT molecular complexity index is 719. The van der Waals surface area contributed by atoms with Crippen molar-refractivity contribution in [2.24, 2.45) is 17.8 Å². The largest absolute Gasteiger partial charge is 0.206 e. The molecule has 0 bridgehead atoms. The maximum Gasteiger partial charge on any atom is 0.131 e. The Morgan fingerprint density at radius 2 is 1.80 bits per heavy atom. The Balaban J connectivity index is 1.44. The van der Waals surface area contributed by atoms with Gasteiger partial charge in [-0.1, -0.05) is 62.9 Å². The lowest BCUT2D eigenvalue weighted by Gasteiger charge is -2.42. The molecule has 2 saturated carbocycles. The quantitative estimate of drug-likeness (QED) is 0.542. The molecule has 0 amide bonds. The average Bonchev–Trinajstić information content (AvgIpc) is 2.65. The van der Waals surface area contributed by atoms with Gasteiger partial charge in [0.1, 0.15) is 5.82 Å². The van der Waals surface area contributed by atoms with Crippen LogP contribution < -0.4 is 0 Å². The van der Waals surface area contributed by atoms with Crippen molar-refractivity contribution in [2.75, 3.05) is 0 Å². The van der Waals surface area contributed by atoms with Crippen molar-refractivity contribution in [3.05, 3.63) is 47.8 Å². The fraction of sp³-hybridized carbons (Fsp3) is 0.583. The topological polar surface area (TPSA) is 0 Å². The molecule has 0 aromatic heterocycles. The summed E-state index contributed by atoms with van der Waals surface area (Å²) in [5.74, 6) is 3.49. The van der Waals surface area contributed by atoms with Crippen LogP contribution in [0.1, 0.15) is 76.2 Å². The molecule has 2 aliphatic rings. The van der Waals surface area contributed by atoms with Gasteiger partial charge in [-0.2, -0.15) is 0 Å². The maximum absolute atomic E-state index is 13.9. The number of rotatable bonds is 4. The monoisotopic (exact) mass is 338 g/mol. The first-order valence-electron chi connectivity index (χ1n) is 10.4. The molecular weight excluding hydrogens is 307 g/mol. The van der Waals surface area contributed by atoms with Crippen molar-refractivity contribution >= 4 is 10.8 Å². The Labute approximate surface area is 151 Å². The van der Waals surface area contributed by atoms with E-state index in [4.69, 9.17) is 0 Å². The second kappa shape index (κ2) is 7.48. The molecule has 0 saturated heterocycles. The Kier molecular flexibility index (Phi) is 5.10. The van der Waals surface area contributed by atoms with E-state index in [0.717, 1.165) is 28.5 Å². The fourth-order valence-electron chi connectivity index (χ4n) is 5.56. The molecule has 2 fully saturated rings. The van der Waals surface area contributed by atoms with Gasteiger partial charge < -0.3 is 0 Å². The lowest BCUT2D eigenvalue weighted by Crippen LogP contribution is -2.30. The van der Waals surface area contributed by atoms with Crippen molar-refractivity contribution in [3.8, 4) is 0 Å². The number of unbranched alkanes of at least 4 members (excludes halogenated alkanes) is 1. The highest BCUT2D eigenvalue weighted by atomic mass is 19.1. The Hall–Kier alpha value is -1.37. The highest BCUT2D eigenvalue weighted by molar-refractivity contribution is 5.83. The number of halogens is 1. The summed E-state index contributed by atoms with van der Waals surface area (Å²) in [6.45, 7) is 2.31. The van der Waals surface area contributed by atoms with E-state index in [1.807, 2.05) is 18.2 Å². The zero-order valence-electron chi connectivity index (χ0n) is 15.5. The molecule has 2 aromatic rings. The summed E-state index contributed by atoms with van der Waals surface area (Å²) in [7, 11) is 0. The minimum atomic E-state index is -0.0989. The summed E-state index contributed by atoms with van der Waals surface area (Å²) in [5, 5.41) is 1.82. The first-order chi connectivity index (χ1) is 12.2. The highest BCUT2D eigenvalue weighted by Crippen LogP contribution is 2.48. The van der Waals surface area contributed by atoms with E-state index in [9.17, 15) is 4.39 Å². The molecule has 0 radical (unpaired) electrons. The van der Waals surface area contributed by atoms with Gasteiger partial charge in [-0.25, -0.2) is 4.39 Å². The van der Waals surface area contributed by atoms with Crippen LogP contribution in [0.2, 0.25) is 0 Å². The normalized spacial score (nSPS) is 29.5. The summed E-state index contributed by atoms with van der Waals surface area (Å²) in [4.78, 5) is 0. The average molecular weight is 339 g/mol.